The van der Waals surface area contributed by atoms with Gasteiger partial charge in [0, 0.05) is 22.9 Å². The summed E-state index contributed by atoms with van der Waals surface area (Å²) in [5.41, 5.74) is 1.10. The molecule has 2 aromatic heterocycles. The summed E-state index contributed by atoms with van der Waals surface area (Å²) in [5.74, 6) is -1.00. The molecule has 0 saturated heterocycles. The predicted molar refractivity (Wildman–Crippen MR) is 99.5 cm³/mol. The molecule has 0 unspecified atom stereocenters. The van der Waals surface area contributed by atoms with Crippen LogP contribution in [0.2, 0.25) is 0 Å². The first kappa shape index (κ1) is 18.1. The van der Waals surface area contributed by atoms with Crippen molar-refractivity contribution in [3.63, 3.8) is 0 Å². The third-order valence-electron chi connectivity index (χ3n) is 3.84. The minimum atomic E-state index is -1.06. The van der Waals surface area contributed by atoms with Crippen LogP contribution in [0.5, 0.6) is 0 Å². The van der Waals surface area contributed by atoms with Crippen molar-refractivity contribution in [2.45, 2.75) is 10.9 Å². The number of aromatic nitrogens is 4. The van der Waals surface area contributed by atoms with Gasteiger partial charge in [0.25, 0.3) is 5.56 Å². The van der Waals surface area contributed by atoms with E-state index in [1.807, 2.05) is 36.4 Å². The fraction of sp³-hybridized carbons (Fsp3) is 0.0526. The fourth-order valence-corrected chi connectivity index (χ4v) is 3.16. The molecule has 0 saturated carbocycles. The van der Waals surface area contributed by atoms with E-state index >= 15 is 0 Å². The topological polar surface area (TPSA) is 84.7 Å². The lowest BCUT2D eigenvalue weighted by Gasteiger charge is -2.02. The Kier molecular flexibility index (Phi) is 4.98. The van der Waals surface area contributed by atoms with E-state index in [-0.39, 0.29) is 16.4 Å². The van der Waals surface area contributed by atoms with Crippen molar-refractivity contribution in [2.24, 2.45) is 0 Å². The monoisotopic (exact) mass is 398 g/mol. The molecule has 0 amide bonds. The number of H-pyrrole nitrogens is 1. The van der Waals surface area contributed by atoms with E-state index in [2.05, 4.69) is 20.3 Å². The summed E-state index contributed by atoms with van der Waals surface area (Å²) >= 11 is 1.22. The van der Waals surface area contributed by atoms with Gasteiger partial charge in [-0.25, -0.2) is 8.78 Å². The Morgan fingerprint density at radius 1 is 0.964 bits per heavy atom. The van der Waals surface area contributed by atoms with Crippen LogP contribution in [0.1, 0.15) is 5.69 Å². The van der Waals surface area contributed by atoms with E-state index in [1.54, 1.807) is 0 Å². The Bertz CT molecular complexity index is 1180. The van der Waals surface area contributed by atoms with Gasteiger partial charge in [-0.3, -0.25) is 9.78 Å². The number of nitrogens with one attached hydrogen (secondary N) is 1. The quantitative estimate of drug-likeness (QED) is 0.511. The van der Waals surface area contributed by atoms with Crippen molar-refractivity contribution in [2.75, 3.05) is 0 Å². The van der Waals surface area contributed by atoms with E-state index in [0.29, 0.717) is 17.2 Å². The standard InChI is InChI=1S/C19H12F2N4O2S/c20-14-7-6-12(8-15(14)21)17-18(26)22-19(24-23-17)28-10-13-9-16(27-25-13)11-4-2-1-3-5-11/h1-9H,10H2,(H,22,24,26). The summed E-state index contributed by atoms with van der Waals surface area (Å²) in [6, 6.07) is 14.5. The number of nitrogens with zero attached hydrogens (tertiary/aromatic N) is 3. The summed E-state index contributed by atoms with van der Waals surface area (Å²) in [7, 11) is 0. The average Bonchev–Trinajstić information content (AvgIpc) is 3.18. The summed E-state index contributed by atoms with van der Waals surface area (Å²) in [4.78, 5) is 14.8. The maximum absolute atomic E-state index is 13.4. The number of aromatic amines is 1. The van der Waals surface area contributed by atoms with E-state index < -0.39 is 17.2 Å². The lowest BCUT2D eigenvalue weighted by molar-refractivity contribution is 0.426. The Morgan fingerprint density at radius 3 is 2.54 bits per heavy atom. The average molecular weight is 398 g/mol. The van der Waals surface area contributed by atoms with Crippen LogP contribution in [0.25, 0.3) is 22.6 Å². The third kappa shape index (κ3) is 3.84. The van der Waals surface area contributed by atoms with E-state index in [9.17, 15) is 13.6 Å². The van der Waals surface area contributed by atoms with Crippen molar-refractivity contribution in [3.05, 3.63) is 82.3 Å². The number of rotatable bonds is 5. The Balaban J connectivity index is 1.48. The van der Waals surface area contributed by atoms with E-state index in [4.69, 9.17) is 4.52 Å². The maximum Gasteiger partial charge on any atom is 0.278 e. The predicted octanol–water partition coefficient (Wildman–Crippen LogP) is 4.06. The molecule has 0 radical (unpaired) electrons. The number of halogens is 2. The minimum absolute atomic E-state index is 0.0870. The van der Waals surface area contributed by atoms with Gasteiger partial charge in [0.05, 0.1) is 5.69 Å². The third-order valence-corrected chi connectivity index (χ3v) is 4.74. The Hall–Kier alpha value is -3.33. The molecule has 0 atom stereocenters. The second-order valence-electron chi connectivity index (χ2n) is 5.77. The number of thioether (sulfide) groups is 1. The number of benzene rings is 2. The minimum Gasteiger partial charge on any atom is -0.356 e. The molecule has 6 nitrogen and oxygen atoms in total. The van der Waals surface area contributed by atoms with Gasteiger partial charge >= 0.3 is 0 Å². The highest BCUT2D eigenvalue weighted by Crippen LogP contribution is 2.24. The lowest BCUT2D eigenvalue weighted by Crippen LogP contribution is -2.14. The molecule has 0 aliphatic heterocycles. The maximum atomic E-state index is 13.4. The highest BCUT2D eigenvalue weighted by atomic mass is 32.2. The van der Waals surface area contributed by atoms with Gasteiger partial charge in [0.15, 0.2) is 28.2 Å². The van der Waals surface area contributed by atoms with Gasteiger partial charge in [0.2, 0.25) is 0 Å². The van der Waals surface area contributed by atoms with Gasteiger partial charge in [-0.15, -0.1) is 10.2 Å². The zero-order valence-corrected chi connectivity index (χ0v) is 15.0. The van der Waals surface area contributed by atoms with Crippen LogP contribution >= 0.6 is 11.8 Å². The number of hydrogen-bond acceptors (Lipinski definition) is 6. The van der Waals surface area contributed by atoms with Crippen LogP contribution in [0.15, 0.2) is 69.1 Å². The van der Waals surface area contributed by atoms with Crippen molar-refractivity contribution in [3.8, 4) is 22.6 Å². The largest absolute Gasteiger partial charge is 0.356 e. The molecule has 28 heavy (non-hydrogen) atoms. The molecule has 1 N–H and O–H groups in total. The normalized spacial score (nSPS) is 10.9. The van der Waals surface area contributed by atoms with Gasteiger partial charge in [-0.2, -0.15) is 0 Å². The van der Waals surface area contributed by atoms with Crippen LogP contribution in [0.4, 0.5) is 8.78 Å². The summed E-state index contributed by atoms with van der Waals surface area (Å²) in [5, 5.41) is 12.0. The second kappa shape index (κ2) is 7.73. The molecule has 2 aromatic carbocycles. The van der Waals surface area contributed by atoms with Gasteiger partial charge in [-0.1, -0.05) is 47.3 Å². The molecule has 0 spiro atoms. The molecule has 4 aromatic rings. The first-order valence-electron chi connectivity index (χ1n) is 8.16. The lowest BCUT2D eigenvalue weighted by atomic mass is 10.1. The zero-order valence-electron chi connectivity index (χ0n) is 14.2. The fourth-order valence-electron chi connectivity index (χ4n) is 2.48. The smallest absolute Gasteiger partial charge is 0.278 e. The zero-order chi connectivity index (χ0) is 19.5. The van der Waals surface area contributed by atoms with Crippen molar-refractivity contribution < 1.29 is 13.3 Å². The van der Waals surface area contributed by atoms with Crippen LogP contribution < -0.4 is 5.56 Å². The van der Waals surface area contributed by atoms with Crippen LogP contribution in [0.3, 0.4) is 0 Å². The highest BCUT2D eigenvalue weighted by molar-refractivity contribution is 7.98. The van der Waals surface area contributed by atoms with Gasteiger partial charge in [-0.05, 0) is 18.2 Å². The van der Waals surface area contributed by atoms with Crippen LogP contribution in [-0.4, -0.2) is 20.3 Å². The van der Waals surface area contributed by atoms with Gasteiger partial charge in [0.1, 0.15) is 0 Å². The van der Waals surface area contributed by atoms with E-state index in [0.717, 1.165) is 17.7 Å². The number of hydrogen-bond donors (Lipinski definition) is 1. The summed E-state index contributed by atoms with van der Waals surface area (Å²) in [6.45, 7) is 0. The highest BCUT2D eigenvalue weighted by Gasteiger charge is 2.12. The molecule has 2 heterocycles. The molecule has 140 valence electrons. The van der Waals surface area contributed by atoms with Gasteiger partial charge < -0.3 is 4.52 Å². The Labute approximate surface area is 161 Å². The molecule has 0 aliphatic rings. The first-order valence-corrected chi connectivity index (χ1v) is 9.15. The van der Waals surface area contributed by atoms with Crippen LogP contribution in [0, 0.1) is 11.6 Å². The molecule has 4 rings (SSSR count). The summed E-state index contributed by atoms with van der Waals surface area (Å²) in [6.07, 6.45) is 0. The van der Waals surface area contributed by atoms with Crippen molar-refractivity contribution >= 4 is 11.8 Å². The Morgan fingerprint density at radius 2 is 1.79 bits per heavy atom. The molecular weight excluding hydrogens is 386 g/mol. The molecule has 0 fully saturated rings. The molecular formula is C19H12F2N4O2S. The molecule has 9 heteroatoms. The SMILES string of the molecule is O=c1[nH]c(SCc2cc(-c3ccccc3)on2)nnc1-c1ccc(F)c(F)c1. The molecule has 0 aliphatic carbocycles. The second-order valence-corrected chi connectivity index (χ2v) is 6.74. The van der Waals surface area contributed by atoms with E-state index in [1.165, 1.54) is 17.8 Å². The van der Waals surface area contributed by atoms with Crippen molar-refractivity contribution in [1.29, 1.82) is 0 Å². The summed E-state index contributed by atoms with van der Waals surface area (Å²) < 4.78 is 31.7. The molecule has 0 bridgehead atoms. The van der Waals surface area contributed by atoms with Crippen LogP contribution in [-0.2, 0) is 5.75 Å². The van der Waals surface area contributed by atoms with Crippen molar-refractivity contribution in [1.82, 2.24) is 20.3 Å². The first-order chi connectivity index (χ1) is 13.6.